The fourth-order valence-corrected chi connectivity index (χ4v) is 0. The minimum absolute atomic E-state index is 0. The maximum absolute atomic E-state index is 0. The van der Waals surface area contributed by atoms with Crippen LogP contribution in [0.1, 0.15) is 0 Å². The van der Waals surface area contributed by atoms with Crippen molar-refractivity contribution in [2.45, 2.75) is 0 Å². The summed E-state index contributed by atoms with van der Waals surface area (Å²) in [5, 5.41) is 0. The van der Waals surface area contributed by atoms with Crippen LogP contribution in [0.5, 0.6) is 0 Å². The molecule has 0 aromatic rings. The van der Waals surface area contributed by atoms with E-state index >= 15 is 0 Å². The summed E-state index contributed by atoms with van der Waals surface area (Å²) in [7, 11) is 0. The van der Waals surface area contributed by atoms with Crippen molar-refractivity contribution < 1.29 is 68.3 Å². The third-order valence-corrected chi connectivity index (χ3v) is 0. The third kappa shape index (κ3) is 20.6. The molecule has 0 aliphatic rings. The molecular formula is H3AlCr2FeNi. The van der Waals surface area contributed by atoms with E-state index in [1.807, 2.05) is 0 Å². The van der Waals surface area contributed by atoms with Crippen molar-refractivity contribution in [3.8, 4) is 0 Å². The average Bonchev–Trinajstić information content (AvgIpc) is 0. The number of hydrogen-bond donors (Lipinski definition) is 0. The van der Waals surface area contributed by atoms with Crippen LogP contribution in [-0.4, -0.2) is 17.4 Å². The van der Waals surface area contributed by atoms with Gasteiger partial charge in [-0.15, -0.1) is 0 Å². The van der Waals surface area contributed by atoms with Crippen LogP contribution in [0.3, 0.4) is 0 Å². The first-order chi connectivity index (χ1) is 0. The molecule has 0 heterocycles. The molecule has 5 heteroatoms. The molecule has 0 aliphatic heterocycles. The molecule has 0 fully saturated rings. The molecule has 0 radical (unpaired) electrons. The van der Waals surface area contributed by atoms with Gasteiger partial charge in [0.05, 0.1) is 0 Å². The van der Waals surface area contributed by atoms with Gasteiger partial charge in [0.15, 0.2) is 17.4 Å². The molecule has 0 saturated heterocycles. The first kappa shape index (κ1) is 48.8. The van der Waals surface area contributed by atoms with Crippen molar-refractivity contribution in [2.75, 3.05) is 0 Å². The molecule has 5 heavy (non-hydrogen) atoms. The Morgan fingerprint density at radius 3 is 0.800 bits per heavy atom. The van der Waals surface area contributed by atoms with Crippen molar-refractivity contribution in [1.29, 1.82) is 0 Å². The maximum atomic E-state index is 0. The first-order valence-corrected chi connectivity index (χ1v) is 0. The zero-order valence-electron chi connectivity index (χ0n) is 1.49. The Labute approximate surface area is 84.6 Å². The molecule has 0 nitrogen and oxygen atoms in total. The molecule has 0 aromatic carbocycles. The summed E-state index contributed by atoms with van der Waals surface area (Å²) in [6.45, 7) is 0. The standard InChI is InChI=1S/Al.2Cr.Fe.Ni.3H. The van der Waals surface area contributed by atoms with Crippen LogP contribution < -0.4 is 0 Å². The van der Waals surface area contributed by atoms with Gasteiger partial charge in [-0.1, -0.05) is 0 Å². The smallest absolute Gasteiger partial charge is 0 e. The molecule has 0 rings (SSSR count). The van der Waals surface area contributed by atoms with Gasteiger partial charge >= 0.3 is 0 Å². The van der Waals surface area contributed by atoms with Gasteiger partial charge in [0.2, 0.25) is 0 Å². The van der Waals surface area contributed by atoms with Gasteiger partial charge in [-0.25, -0.2) is 0 Å². The molecule has 0 amide bonds. The molecular weight excluding hydrogens is 246 g/mol. The predicted octanol–water partition coefficient (Wildman–Crippen LogP) is -1.19. The molecule has 0 unspecified atom stereocenters. The number of rotatable bonds is 0. The van der Waals surface area contributed by atoms with E-state index in [0.717, 1.165) is 0 Å². The van der Waals surface area contributed by atoms with Crippen LogP contribution in [0.4, 0.5) is 0 Å². The Kier molecular flexibility index (Phi) is 298. The van der Waals surface area contributed by atoms with Gasteiger partial charge in [0.25, 0.3) is 0 Å². The molecule has 0 aliphatic carbocycles. The average molecular weight is 249 g/mol. The second-order valence-corrected chi connectivity index (χ2v) is 0. The largest absolute Gasteiger partial charge is 0.187 e. The summed E-state index contributed by atoms with van der Waals surface area (Å²) in [6, 6.07) is 0. The maximum Gasteiger partial charge on any atom is 0.187 e. The summed E-state index contributed by atoms with van der Waals surface area (Å²) < 4.78 is 0. The third-order valence-electron chi connectivity index (χ3n) is 0. The van der Waals surface area contributed by atoms with E-state index in [0.29, 0.717) is 0 Å². The Hall–Kier alpha value is 2.61. The normalized spacial score (nSPS) is 0. The first-order valence-electron chi connectivity index (χ1n) is 0. The van der Waals surface area contributed by atoms with Crippen molar-refractivity contribution in [1.82, 2.24) is 0 Å². The zero-order chi connectivity index (χ0) is 0. The van der Waals surface area contributed by atoms with Gasteiger partial charge in [0.1, 0.15) is 0 Å². The Balaban J connectivity index is 0. The van der Waals surface area contributed by atoms with Crippen molar-refractivity contribution in [2.24, 2.45) is 0 Å². The van der Waals surface area contributed by atoms with Crippen LogP contribution in [0.25, 0.3) is 0 Å². The topological polar surface area (TPSA) is 0 Å². The Morgan fingerprint density at radius 2 is 0.800 bits per heavy atom. The second kappa shape index (κ2) is 30.5. The van der Waals surface area contributed by atoms with Gasteiger partial charge in [-0.2, -0.15) is 0 Å². The minimum atomic E-state index is 0. The van der Waals surface area contributed by atoms with Crippen LogP contribution in [-0.2, 0) is 68.3 Å². The summed E-state index contributed by atoms with van der Waals surface area (Å²) in [5.41, 5.74) is 0. The van der Waals surface area contributed by atoms with Gasteiger partial charge in [-0.05, 0) is 0 Å². The van der Waals surface area contributed by atoms with Gasteiger partial charge < -0.3 is 0 Å². The van der Waals surface area contributed by atoms with Crippen LogP contribution in [0.15, 0.2) is 0 Å². The Bertz CT molecular complexity index is 9.61. The van der Waals surface area contributed by atoms with Gasteiger partial charge in [-0.3, -0.25) is 0 Å². The SMILES string of the molecule is [AlH3].[Cr].[Cr].[Fe].[Ni]. The van der Waals surface area contributed by atoms with E-state index in [4.69, 9.17) is 0 Å². The van der Waals surface area contributed by atoms with E-state index < -0.39 is 0 Å². The van der Waals surface area contributed by atoms with E-state index in [2.05, 4.69) is 0 Å². The second-order valence-electron chi connectivity index (χ2n) is 0. The van der Waals surface area contributed by atoms with E-state index in [-0.39, 0.29) is 85.6 Å². The zero-order valence-corrected chi connectivity index (χ0v) is 6.13. The fraction of sp³-hybridized carbons (Fsp3) is 0. The minimum Gasteiger partial charge on any atom is 0 e. The van der Waals surface area contributed by atoms with E-state index in [1.165, 1.54) is 0 Å². The van der Waals surface area contributed by atoms with Crippen LogP contribution in [0.2, 0.25) is 0 Å². The molecule has 0 aromatic heterocycles. The summed E-state index contributed by atoms with van der Waals surface area (Å²) in [4.78, 5) is 0. The quantitative estimate of drug-likeness (QED) is 0.473. The van der Waals surface area contributed by atoms with E-state index in [9.17, 15) is 0 Å². The van der Waals surface area contributed by atoms with Crippen molar-refractivity contribution in [3.63, 3.8) is 0 Å². The van der Waals surface area contributed by atoms with Crippen molar-refractivity contribution in [3.05, 3.63) is 0 Å². The molecule has 36 valence electrons. The Morgan fingerprint density at radius 1 is 0.800 bits per heavy atom. The molecule has 0 spiro atoms. The summed E-state index contributed by atoms with van der Waals surface area (Å²) in [6.07, 6.45) is 0. The van der Waals surface area contributed by atoms with Crippen LogP contribution in [0, 0.1) is 0 Å². The predicted molar refractivity (Wildman–Crippen MR) is 9.94 cm³/mol. The fourth-order valence-electron chi connectivity index (χ4n) is 0. The summed E-state index contributed by atoms with van der Waals surface area (Å²) >= 11 is 0. The van der Waals surface area contributed by atoms with Crippen LogP contribution >= 0.6 is 0 Å². The van der Waals surface area contributed by atoms with Crippen molar-refractivity contribution >= 4 is 17.4 Å². The van der Waals surface area contributed by atoms with E-state index in [1.54, 1.807) is 0 Å². The van der Waals surface area contributed by atoms with Gasteiger partial charge in [0, 0.05) is 68.3 Å². The molecule has 0 atom stereocenters. The molecule has 0 N–H and O–H groups in total. The molecule has 0 saturated carbocycles. The summed E-state index contributed by atoms with van der Waals surface area (Å²) in [5.74, 6) is 0. The monoisotopic (exact) mass is 248 g/mol. The molecule has 0 bridgehead atoms. The number of hydrogen-bond acceptors (Lipinski definition) is 0.